The van der Waals surface area contributed by atoms with Crippen molar-refractivity contribution in [3.05, 3.63) is 124 Å². The lowest BCUT2D eigenvalue weighted by Gasteiger charge is -2.18. The number of nitrogens with two attached hydrogens (primary N) is 2. The van der Waals surface area contributed by atoms with Gasteiger partial charge in [0.25, 0.3) is 21.8 Å². The molecule has 0 spiro atoms. The molecule has 6 N–H and O–H groups in total. The van der Waals surface area contributed by atoms with Crippen LogP contribution in [0.4, 0.5) is 0 Å². The van der Waals surface area contributed by atoms with Crippen molar-refractivity contribution in [3.8, 4) is 0 Å². The van der Waals surface area contributed by atoms with E-state index in [0.29, 0.717) is 11.3 Å². The highest BCUT2D eigenvalue weighted by Gasteiger charge is 2.27. The molecule has 1 heterocycles. The van der Waals surface area contributed by atoms with Crippen LogP contribution in [-0.4, -0.2) is 38.8 Å². The fourth-order valence-corrected chi connectivity index (χ4v) is 6.41. The van der Waals surface area contributed by atoms with E-state index in [0.717, 1.165) is 16.0 Å². The average molecular weight is 590 g/mol. The molecule has 2 amide bonds. The SMILES string of the molecule is NC(N)=NCCCC(NC(=O)c1ccc(C(c2ccccc2)c2ccccc2)s1)C(=O)NS(=O)(=O)c1ccccc1. The third kappa shape index (κ3) is 8.03. The average Bonchev–Trinajstić information content (AvgIpc) is 3.46. The summed E-state index contributed by atoms with van der Waals surface area (Å²) >= 11 is 1.32. The van der Waals surface area contributed by atoms with E-state index in [9.17, 15) is 18.0 Å². The van der Waals surface area contributed by atoms with E-state index in [1.54, 1.807) is 24.3 Å². The van der Waals surface area contributed by atoms with Crippen LogP contribution in [0.3, 0.4) is 0 Å². The van der Waals surface area contributed by atoms with Crippen molar-refractivity contribution in [1.29, 1.82) is 0 Å². The molecule has 1 atom stereocenters. The summed E-state index contributed by atoms with van der Waals surface area (Å²) in [7, 11) is -4.13. The quantitative estimate of drug-likeness (QED) is 0.112. The fourth-order valence-electron chi connectivity index (χ4n) is 4.31. The van der Waals surface area contributed by atoms with E-state index < -0.39 is 27.9 Å². The van der Waals surface area contributed by atoms with Crippen LogP contribution < -0.4 is 21.5 Å². The maximum absolute atomic E-state index is 13.3. The Morgan fingerprint density at radius 2 is 1.37 bits per heavy atom. The summed E-state index contributed by atoms with van der Waals surface area (Å²) in [5.41, 5.74) is 12.9. The summed E-state index contributed by atoms with van der Waals surface area (Å²) in [6, 6.07) is 30.0. The summed E-state index contributed by atoms with van der Waals surface area (Å²) in [6.07, 6.45) is 0.453. The van der Waals surface area contributed by atoms with Crippen molar-refractivity contribution in [2.24, 2.45) is 16.5 Å². The Hall–Kier alpha value is -4.48. The smallest absolute Gasteiger partial charge is 0.264 e. The molecule has 0 saturated carbocycles. The molecular formula is C30H31N5O4S2. The molecular weight excluding hydrogens is 558 g/mol. The van der Waals surface area contributed by atoms with Gasteiger partial charge in [-0.05, 0) is 48.2 Å². The Morgan fingerprint density at radius 1 is 0.805 bits per heavy atom. The number of aliphatic imine (C=N–C) groups is 1. The van der Waals surface area contributed by atoms with Gasteiger partial charge in [-0.25, -0.2) is 13.1 Å². The largest absolute Gasteiger partial charge is 0.370 e. The first-order valence-corrected chi connectivity index (χ1v) is 15.2. The van der Waals surface area contributed by atoms with E-state index in [4.69, 9.17) is 11.5 Å². The minimum absolute atomic E-state index is 0.0605. The first kappa shape index (κ1) is 29.5. The lowest BCUT2D eigenvalue weighted by Crippen LogP contribution is -2.48. The van der Waals surface area contributed by atoms with Crippen molar-refractivity contribution in [2.45, 2.75) is 29.7 Å². The van der Waals surface area contributed by atoms with Crippen LogP contribution in [0.25, 0.3) is 0 Å². The lowest BCUT2D eigenvalue weighted by atomic mass is 9.90. The van der Waals surface area contributed by atoms with Crippen LogP contribution in [0.15, 0.2) is 113 Å². The molecule has 0 radical (unpaired) electrons. The predicted octanol–water partition coefficient (Wildman–Crippen LogP) is 3.59. The number of amides is 2. The van der Waals surface area contributed by atoms with E-state index in [2.05, 4.69) is 15.0 Å². The molecule has 41 heavy (non-hydrogen) atoms. The summed E-state index contributed by atoms with van der Waals surface area (Å²) in [6.45, 7) is 0.215. The highest BCUT2D eigenvalue weighted by Crippen LogP contribution is 2.36. The Morgan fingerprint density at radius 3 is 1.93 bits per heavy atom. The molecule has 0 aliphatic heterocycles. The summed E-state index contributed by atoms with van der Waals surface area (Å²) < 4.78 is 27.6. The van der Waals surface area contributed by atoms with Gasteiger partial charge in [-0.1, -0.05) is 78.9 Å². The maximum atomic E-state index is 13.3. The van der Waals surface area contributed by atoms with Crippen LogP contribution in [0.2, 0.25) is 0 Å². The second kappa shape index (κ2) is 13.7. The fraction of sp³-hybridized carbons (Fsp3) is 0.167. The zero-order valence-corrected chi connectivity index (χ0v) is 23.8. The number of nitrogens with zero attached hydrogens (tertiary/aromatic N) is 1. The number of thiophene rings is 1. The van der Waals surface area contributed by atoms with Crippen LogP contribution in [0.1, 0.15) is 44.4 Å². The molecule has 9 nitrogen and oxygen atoms in total. The first-order chi connectivity index (χ1) is 19.7. The van der Waals surface area contributed by atoms with Gasteiger partial charge in [0.05, 0.1) is 9.77 Å². The molecule has 11 heteroatoms. The monoisotopic (exact) mass is 589 g/mol. The van der Waals surface area contributed by atoms with E-state index in [1.807, 2.05) is 66.7 Å². The molecule has 3 aromatic carbocycles. The van der Waals surface area contributed by atoms with E-state index >= 15 is 0 Å². The Balaban J connectivity index is 1.55. The van der Waals surface area contributed by atoms with Gasteiger partial charge in [0.15, 0.2) is 5.96 Å². The van der Waals surface area contributed by atoms with Crippen LogP contribution >= 0.6 is 11.3 Å². The molecule has 4 rings (SSSR count). The highest BCUT2D eigenvalue weighted by atomic mass is 32.2. The van der Waals surface area contributed by atoms with Crippen molar-refractivity contribution in [1.82, 2.24) is 10.0 Å². The molecule has 0 aliphatic carbocycles. The van der Waals surface area contributed by atoms with Crippen molar-refractivity contribution in [2.75, 3.05) is 6.54 Å². The van der Waals surface area contributed by atoms with Gasteiger partial charge in [0.2, 0.25) is 0 Å². The molecule has 1 unspecified atom stereocenters. The second-order valence-corrected chi connectivity index (χ2v) is 12.0. The Labute approximate surface area is 243 Å². The zero-order chi connectivity index (χ0) is 29.2. The number of carbonyl (C=O) groups is 2. The number of sulfonamides is 1. The van der Waals surface area contributed by atoms with Crippen LogP contribution in [0, 0.1) is 0 Å². The van der Waals surface area contributed by atoms with Crippen molar-refractivity contribution >= 4 is 39.1 Å². The summed E-state index contributed by atoms with van der Waals surface area (Å²) in [5, 5.41) is 2.71. The minimum atomic E-state index is -4.13. The van der Waals surface area contributed by atoms with Gasteiger partial charge in [0, 0.05) is 17.3 Å². The number of nitrogens with one attached hydrogen (secondary N) is 2. The molecule has 1 aromatic heterocycles. The van der Waals surface area contributed by atoms with Gasteiger partial charge in [-0.2, -0.15) is 0 Å². The number of benzene rings is 3. The predicted molar refractivity (Wildman–Crippen MR) is 161 cm³/mol. The normalized spacial score (nSPS) is 11.9. The summed E-state index contributed by atoms with van der Waals surface area (Å²) in [5.74, 6) is -1.52. The first-order valence-electron chi connectivity index (χ1n) is 12.9. The maximum Gasteiger partial charge on any atom is 0.264 e. The van der Waals surface area contributed by atoms with Crippen molar-refractivity contribution in [3.63, 3.8) is 0 Å². The van der Waals surface area contributed by atoms with Gasteiger partial charge < -0.3 is 16.8 Å². The van der Waals surface area contributed by atoms with Gasteiger partial charge >= 0.3 is 0 Å². The van der Waals surface area contributed by atoms with Gasteiger partial charge in [-0.15, -0.1) is 11.3 Å². The Bertz CT molecular complexity index is 1550. The number of carbonyl (C=O) groups excluding carboxylic acids is 2. The van der Waals surface area contributed by atoms with Crippen molar-refractivity contribution < 1.29 is 18.0 Å². The molecule has 0 aliphatic rings. The van der Waals surface area contributed by atoms with E-state index in [-0.39, 0.29) is 29.7 Å². The molecule has 4 aromatic rings. The van der Waals surface area contributed by atoms with Crippen LogP contribution in [-0.2, 0) is 14.8 Å². The minimum Gasteiger partial charge on any atom is -0.370 e. The second-order valence-electron chi connectivity index (χ2n) is 9.21. The lowest BCUT2D eigenvalue weighted by molar-refractivity contribution is -0.121. The number of hydrogen-bond donors (Lipinski definition) is 4. The molecule has 0 saturated heterocycles. The number of hydrogen-bond acceptors (Lipinski definition) is 6. The van der Waals surface area contributed by atoms with Gasteiger partial charge in [-0.3, -0.25) is 14.6 Å². The van der Waals surface area contributed by atoms with Gasteiger partial charge in [0.1, 0.15) is 6.04 Å². The number of rotatable bonds is 12. The molecule has 0 fully saturated rings. The van der Waals surface area contributed by atoms with Crippen LogP contribution in [0.5, 0.6) is 0 Å². The highest BCUT2D eigenvalue weighted by molar-refractivity contribution is 7.90. The zero-order valence-electron chi connectivity index (χ0n) is 22.1. The Kier molecular flexibility index (Phi) is 9.88. The third-order valence-electron chi connectivity index (χ3n) is 6.26. The molecule has 212 valence electrons. The van der Waals surface area contributed by atoms with E-state index in [1.165, 1.54) is 23.5 Å². The topological polar surface area (TPSA) is 157 Å². The standard InChI is InChI=1S/C30H31N5O4S2/c31-30(32)33-20-10-17-24(28(36)35-41(38,39)23-15-8-3-9-16-23)34-29(37)26-19-18-25(40-26)27(21-11-4-1-5-12-21)22-13-6-2-7-14-22/h1-9,11-16,18-19,24,27H,10,17,20H2,(H,34,37)(H,35,36)(H4,31,32,33). The third-order valence-corrected chi connectivity index (χ3v) is 8.77. The molecule has 0 bridgehead atoms. The number of guanidine groups is 1. The summed E-state index contributed by atoms with van der Waals surface area (Å²) in [4.78, 5) is 31.7.